The average Bonchev–Trinajstić information content (AvgIpc) is 3.28. The molecule has 0 aliphatic heterocycles. The smallest absolute Gasteiger partial charge is 0.184 e. The van der Waals surface area contributed by atoms with E-state index in [1.807, 2.05) is 48.0 Å². The summed E-state index contributed by atoms with van der Waals surface area (Å²) in [5, 5.41) is 7.62. The number of nitrogens with zero attached hydrogens (tertiary/aromatic N) is 4. The Bertz CT molecular complexity index is 1190. The van der Waals surface area contributed by atoms with Crippen molar-refractivity contribution in [2.75, 3.05) is 0 Å². The van der Waals surface area contributed by atoms with E-state index in [-0.39, 0.29) is 0 Å². The first kappa shape index (κ1) is 14.3. The Morgan fingerprint density at radius 1 is 0.960 bits per heavy atom. The van der Waals surface area contributed by atoms with E-state index in [1.165, 1.54) is 0 Å². The molecule has 0 saturated heterocycles. The second-order valence-electron chi connectivity index (χ2n) is 5.92. The van der Waals surface area contributed by atoms with Gasteiger partial charge >= 0.3 is 0 Å². The largest absolute Gasteiger partial charge is 0.231 e. The molecule has 0 bridgehead atoms. The van der Waals surface area contributed by atoms with E-state index in [2.05, 4.69) is 34.7 Å². The van der Waals surface area contributed by atoms with Gasteiger partial charge in [0, 0.05) is 17.5 Å². The Morgan fingerprint density at radius 2 is 1.84 bits per heavy atom. The molecule has 0 atom stereocenters. The summed E-state index contributed by atoms with van der Waals surface area (Å²) in [6.07, 6.45) is 1.95. The molecule has 5 rings (SSSR count). The van der Waals surface area contributed by atoms with Crippen molar-refractivity contribution in [2.45, 2.75) is 6.92 Å². The van der Waals surface area contributed by atoms with Gasteiger partial charge in [-0.05, 0) is 36.1 Å². The fraction of sp³-hybridized carbons (Fsp3) is 0.0500. The van der Waals surface area contributed by atoms with Gasteiger partial charge in [-0.3, -0.25) is 0 Å². The van der Waals surface area contributed by atoms with E-state index in [9.17, 15) is 0 Å². The van der Waals surface area contributed by atoms with Crippen molar-refractivity contribution in [3.8, 4) is 21.7 Å². The van der Waals surface area contributed by atoms with Crippen LogP contribution in [0.2, 0.25) is 0 Å². The maximum absolute atomic E-state index is 4.84. The van der Waals surface area contributed by atoms with Crippen molar-refractivity contribution < 1.29 is 0 Å². The molecule has 0 N–H and O–H groups in total. The van der Waals surface area contributed by atoms with Crippen LogP contribution in [0.3, 0.4) is 0 Å². The number of rotatable bonds is 2. The van der Waals surface area contributed by atoms with Gasteiger partial charge in [-0.25, -0.2) is 14.5 Å². The molecule has 5 heteroatoms. The second-order valence-corrected chi connectivity index (χ2v) is 6.86. The molecule has 0 radical (unpaired) electrons. The van der Waals surface area contributed by atoms with Crippen LogP contribution in [-0.2, 0) is 0 Å². The Hall–Kier alpha value is -3.05. The second kappa shape index (κ2) is 5.50. The number of hydrogen-bond acceptors (Lipinski definition) is 4. The minimum Gasteiger partial charge on any atom is -0.231 e. The molecule has 1 aromatic carbocycles. The van der Waals surface area contributed by atoms with Gasteiger partial charge in [0.15, 0.2) is 11.3 Å². The lowest BCUT2D eigenvalue weighted by molar-refractivity contribution is 0.948. The van der Waals surface area contributed by atoms with Gasteiger partial charge in [0.25, 0.3) is 0 Å². The number of pyridine rings is 1. The number of aromatic nitrogens is 4. The molecule has 0 spiro atoms. The van der Waals surface area contributed by atoms with Crippen molar-refractivity contribution in [1.29, 1.82) is 0 Å². The van der Waals surface area contributed by atoms with Gasteiger partial charge in [0.2, 0.25) is 0 Å². The van der Waals surface area contributed by atoms with Gasteiger partial charge in [-0.2, -0.15) is 0 Å². The Kier molecular flexibility index (Phi) is 3.15. The molecule has 120 valence electrons. The number of aryl methyl sites for hydroxylation is 1. The summed E-state index contributed by atoms with van der Waals surface area (Å²) in [6.45, 7) is 2.02. The zero-order chi connectivity index (χ0) is 16.8. The lowest BCUT2D eigenvalue weighted by Crippen LogP contribution is -1.90. The fourth-order valence-electron chi connectivity index (χ4n) is 3.09. The summed E-state index contributed by atoms with van der Waals surface area (Å²) in [4.78, 5) is 10.7. The summed E-state index contributed by atoms with van der Waals surface area (Å²) in [5.74, 6) is 0. The van der Waals surface area contributed by atoms with Crippen LogP contribution in [0.15, 0.2) is 66.2 Å². The van der Waals surface area contributed by atoms with Crippen LogP contribution >= 0.6 is 11.3 Å². The van der Waals surface area contributed by atoms with Gasteiger partial charge in [0.1, 0.15) is 0 Å². The molecular weight excluding hydrogens is 328 g/mol. The Morgan fingerprint density at radius 3 is 2.64 bits per heavy atom. The minimum atomic E-state index is 0.730. The van der Waals surface area contributed by atoms with E-state index in [4.69, 9.17) is 9.97 Å². The van der Waals surface area contributed by atoms with Crippen LogP contribution in [0, 0.1) is 6.92 Å². The molecule has 0 saturated carbocycles. The molecule has 0 amide bonds. The lowest BCUT2D eigenvalue weighted by atomic mass is 10.0. The highest BCUT2D eigenvalue weighted by atomic mass is 32.1. The van der Waals surface area contributed by atoms with Crippen molar-refractivity contribution in [1.82, 2.24) is 19.6 Å². The third-order valence-electron chi connectivity index (χ3n) is 4.31. The predicted octanol–water partition coefficient (Wildman–Crippen LogP) is 4.98. The van der Waals surface area contributed by atoms with E-state index < -0.39 is 0 Å². The predicted molar refractivity (Wildman–Crippen MR) is 102 cm³/mol. The highest BCUT2D eigenvalue weighted by Crippen LogP contribution is 2.29. The van der Waals surface area contributed by atoms with Gasteiger partial charge in [0.05, 0.1) is 16.0 Å². The van der Waals surface area contributed by atoms with Crippen LogP contribution in [0.1, 0.15) is 5.69 Å². The SMILES string of the molecule is Cc1nc2nn3ccc(-c4cccs4)nc3c2cc1-c1ccccc1. The highest BCUT2D eigenvalue weighted by Gasteiger charge is 2.13. The Labute approximate surface area is 148 Å². The van der Waals surface area contributed by atoms with Crippen LogP contribution in [-0.4, -0.2) is 19.6 Å². The zero-order valence-electron chi connectivity index (χ0n) is 13.5. The summed E-state index contributed by atoms with van der Waals surface area (Å²) < 4.78 is 1.81. The summed E-state index contributed by atoms with van der Waals surface area (Å²) >= 11 is 1.69. The minimum absolute atomic E-state index is 0.730. The summed E-state index contributed by atoms with van der Waals surface area (Å²) in [5.41, 5.74) is 5.78. The van der Waals surface area contributed by atoms with E-state index in [0.29, 0.717) is 0 Å². The molecular formula is C20H14N4S. The summed E-state index contributed by atoms with van der Waals surface area (Å²) in [7, 11) is 0. The zero-order valence-corrected chi connectivity index (χ0v) is 14.4. The number of thiophene rings is 1. The molecule has 4 heterocycles. The maximum Gasteiger partial charge on any atom is 0.184 e. The van der Waals surface area contributed by atoms with Crippen LogP contribution in [0.4, 0.5) is 0 Å². The standard InChI is InChI=1S/C20H14N4S/c1-13-15(14-6-3-2-4-7-14)12-16-19(21-13)23-24-10-9-17(22-20(16)24)18-8-5-11-25-18/h2-12H,1H3. The topological polar surface area (TPSA) is 43.1 Å². The Balaban J connectivity index is 1.78. The van der Waals surface area contributed by atoms with Crippen LogP contribution in [0.25, 0.3) is 38.4 Å². The monoisotopic (exact) mass is 342 g/mol. The highest BCUT2D eigenvalue weighted by molar-refractivity contribution is 7.13. The van der Waals surface area contributed by atoms with E-state index in [1.54, 1.807) is 11.3 Å². The molecule has 0 aliphatic carbocycles. The van der Waals surface area contributed by atoms with Crippen molar-refractivity contribution in [3.05, 3.63) is 71.9 Å². The molecule has 0 fully saturated rings. The lowest BCUT2D eigenvalue weighted by Gasteiger charge is -2.05. The van der Waals surface area contributed by atoms with Gasteiger partial charge in [-0.15, -0.1) is 16.4 Å². The third kappa shape index (κ3) is 2.32. The number of fused-ring (bicyclic) bond motifs is 3. The van der Waals surface area contributed by atoms with Crippen molar-refractivity contribution >= 4 is 28.0 Å². The van der Waals surface area contributed by atoms with E-state index >= 15 is 0 Å². The molecule has 5 aromatic rings. The van der Waals surface area contributed by atoms with Gasteiger partial charge in [-0.1, -0.05) is 36.4 Å². The third-order valence-corrected chi connectivity index (χ3v) is 5.20. The number of hydrogen-bond donors (Lipinski definition) is 0. The van der Waals surface area contributed by atoms with Crippen molar-refractivity contribution in [2.24, 2.45) is 0 Å². The molecule has 0 aliphatic rings. The summed E-state index contributed by atoms with van der Waals surface area (Å²) in [6, 6.07) is 18.6. The average molecular weight is 342 g/mol. The fourth-order valence-corrected chi connectivity index (χ4v) is 3.78. The first-order valence-electron chi connectivity index (χ1n) is 8.06. The first-order chi connectivity index (χ1) is 12.3. The van der Waals surface area contributed by atoms with E-state index in [0.717, 1.165) is 44.1 Å². The molecule has 4 aromatic heterocycles. The normalized spacial score (nSPS) is 11.4. The quantitative estimate of drug-likeness (QED) is 0.454. The molecule has 25 heavy (non-hydrogen) atoms. The molecule has 0 unspecified atom stereocenters. The number of benzene rings is 1. The van der Waals surface area contributed by atoms with Crippen LogP contribution < -0.4 is 0 Å². The van der Waals surface area contributed by atoms with Gasteiger partial charge < -0.3 is 0 Å². The molecule has 4 nitrogen and oxygen atoms in total. The first-order valence-corrected chi connectivity index (χ1v) is 8.93. The van der Waals surface area contributed by atoms with Crippen molar-refractivity contribution in [3.63, 3.8) is 0 Å². The maximum atomic E-state index is 4.84. The van der Waals surface area contributed by atoms with Crippen LogP contribution in [0.5, 0.6) is 0 Å².